The van der Waals surface area contributed by atoms with Gasteiger partial charge in [-0.15, -0.1) is 0 Å². The van der Waals surface area contributed by atoms with Crippen molar-refractivity contribution in [2.24, 2.45) is 0 Å². The molecule has 0 fully saturated rings. The fourth-order valence-corrected chi connectivity index (χ4v) is 0.997. The minimum atomic E-state index is -2.42. The van der Waals surface area contributed by atoms with Crippen LogP contribution in [-0.4, -0.2) is 13.5 Å². The van der Waals surface area contributed by atoms with E-state index in [1.807, 2.05) is 0 Å². The zero-order valence-electron chi connectivity index (χ0n) is 7.34. The van der Waals surface area contributed by atoms with Gasteiger partial charge < -0.3 is 10.5 Å². The molecule has 0 spiro atoms. The molecule has 0 amide bonds. The molecular weight excluding hydrogens is 176 g/mol. The van der Waals surface area contributed by atoms with Gasteiger partial charge in [0.25, 0.3) is 6.43 Å². The lowest BCUT2D eigenvalue weighted by molar-refractivity contribution is -0.449. The van der Waals surface area contributed by atoms with Crippen molar-refractivity contribution in [2.45, 2.75) is 12.5 Å². The molecule has 0 saturated heterocycles. The van der Waals surface area contributed by atoms with E-state index in [0.29, 0.717) is 11.3 Å². The van der Waals surface area contributed by atoms with Crippen LogP contribution in [0.15, 0.2) is 24.3 Å². The summed E-state index contributed by atoms with van der Waals surface area (Å²) in [6, 6.07) is 5.53. The van der Waals surface area contributed by atoms with Crippen LogP contribution in [0.4, 0.5) is 8.78 Å². The van der Waals surface area contributed by atoms with Gasteiger partial charge in [0, 0.05) is 5.56 Å². The average Bonchev–Trinajstić information content (AvgIpc) is 2.17. The summed E-state index contributed by atoms with van der Waals surface area (Å²) in [5.74, 6) is 0.658. The summed E-state index contributed by atoms with van der Waals surface area (Å²) in [5.41, 5.74) is 3.90. The van der Waals surface area contributed by atoms with Crippen LogP contribution in [0.25, 0.3) is 0 Å². The summed E-state index contributed by atoms with van der Waals surface area (Å²) in [5, 5.41) is 0. The van der Waals surface area contributed by atoms with Crippen LogP contribution in [0.3, 0.4) is 0 Å². The first kappa shape index (κ1) is 9.92. The van der Waals surface area contributed by atoms with Gasteiger partial charge in [-0.25, -0.2) is 8.78 Å². The number of hydrogen-bond acceptors (Lipinski definition) is 1. The third-order valence-corrected chi connectivity index (χ3v) is 1.85. The fraction of sp³-hybridized carbons (Fsp3) is 0.333. The van der Waals surface area contributed by atoms with Crippen LogP contribution in [0.2, 0.25) is 0 Å². The summed E-state index contributed by atoms with van der Waals surface area (Å²) in [6.45, 7) is 0. The average molecular weight is 188 g/mol. The van der Waals surface area contributed by atoms with E-state index < -0.39 is 12.5 Å². The van der Waals surface area contributed by atoms with Gasteiger partial charge >= 0.3 is 0 Å². The summed E-state index contributed by atoms with van der Waals surface area (Å²) in [4.78, 5) is 0. The number of quaternary nitrogens is 1. The summed E-state index contributed by atoms with van der Waals surface area (Å²) >= 11 is 0. The maximum atomic E-state index is 12.2. The maximum absolute atomic E-state index is 12.2. The molecule has 0 aliphatic carbocycles. The molecule has 1 aromatic carbocycles. The number of hydrogen-bond donors (Lipinski definition) is 1. The van der Waals surface area contributed by atoms with E-state index in [9.17, 15) is 8.78 Å². The van der Waals surface area contributed by atoms with Crippen molar-refractivity contribution >= 4 is 0 Å². The maximum Gasteiger partial charge on any atom is 0.293 e. The Morgan fingerprint density at radius 3 is 2.15 bits per heavy atom. The summed E-state index contributed by atoms with van der Waals surface area (Å²) in [6.07, 6.45) is -2.42. The van der Waals surface area contributed by atoms with Crippen LogP contribution < -0.4 is 10.5 Å². The van der Waals surface area contributed by atoms with Crippen molar-refractivity contribution < 1.29 is 19.3 Å². The van der Waals surface area contributed by atoms with Gasteiger partial charge in [0.2, 0.25) is 0 Å². The SMILES string of the molecule is COc1ccc([C@H]([NH3+])C(F)F)cc1. The molecule has 1 atom stereocenters. The molecule has 0 aliphatic rings. The van der Waals surface area contributed by atoms with Gasteiger partial charge in [0.05, 0.1) is 7.11 Å². The third kappa shape index (κ3) is 2.39. The molecule has 2 nitrogen and oxygen atoms in total. The lowest BCUT2D eigenvalue weighted by Crippen LogP contribution is -2.56. The highest BCUT2D eigenvalue weighted by atomic mass is 19.3. The molecule has 13 heavy (non-hydrogen) atoms. The van der Waals surface area contributed by atoms with E-state index >= 15 is 0 Å². The van der Waals surface area contributed by atoms with E-state index in [-0.39, 0.29) is 0 Å². The quantitative estimate of drug-likeness (QED) is 0.761. The molecule has 3 N–H and O–H groups in total. The number of halogens is 2. The molecule has 0 saturated carbocycles. The Balaban J connectivity index is 2.79. The van der Waals surface area contributed by atoms with E-state index in [1.54, 1.807) is 24.3 Å². The van der Waals surface area contributed by atoms with E-state index in [2.05, 4.69) is 5.73 Å². The minimum Gasteiger partial charge on any atom is -0.497 e. The third-order valence-electron chi connectivity index (χ3n) is 1.85. The first-order valence-electron chi connectivity index (χ1n) is 3.90. The van der Waals surface area contributed by atoms with E-state index in [0.717, 1.165) is 0 Å². The standard InChI is InChI=1S/C9H11F2NO/c1-13-7-4-2-6(3-5-7)8(12)9(10)11/h2-5,8-9H,12H2,1H3/p+1/t8-/m0/s1. The fourth-order valence-electron chi connectivity index (χ4n) is 0.997. The van der Waals surface area contributed by atoms with Gasteiger partial charge in [-0.3, -0.25) is 0 Å². The molecule has 72 valence electrons. The first-order valence-corrected chi connectivity index (χ1v) is 3.90. The molecule has 0 bridgehead atoms. The minimum absolute atomic E-state index is 0.524. The largest absolute Gasteiger partial charge is 0.497 e. The number of ether oxygens (including phenoxy) is 1. The Morgan fingerprint density at radius 2 is 1.77 bits per heavy atom. The highest BCUT2D eigenvalue weighted by molar-refractivity contribution is 5.28. The van der Waals surface area contributed by atoms with Crippen molar-refractivity contribution in [3.8, 4) is 5.75 Å². The molecule has 0 radical (unpaired) electrons. The normalized spacial score (nSPS) is 13.0. The smallest absolute Gasteiger partial charge is 0.293 e. The van der Waals surface area contributed by atoms with E-state index in [4.69, 9.17) is 4.74 Å². The zero-order chi connectivity index (χ0) is 9.84. The highest BCUT2D eigenvalue weighted by Gasteiger charge is 2.20. The number of alkyl halides is 2. The predicted octanol–water partition coefficient (Wildman–Crippen LogP) is 1.24. The zero-order valence-corrected chi connectivity index (χ0v) is 7.34. The molecule has 0 heterocycles. The van der Waals surface area contributed by atoms with Crippen LogP contribution in [-0.2, 0) is 0 Å². The van der Waals surface area contributed by atoms with Crippen LogP contribution >= 0.6 is 0 Å². The topological polar surface area (TPSA) is 36.9 Å². The second-order valence-electron chi connectivity index (χ2n) is 2.71. The second-order valence-corrected chi connectivity index (χ2v) is 2.71. The van der Waals surface area contributed by atoms with Gasteiger partial charge in [-0.2, -0.15) is 0 Å². The Labute approximate surface area is 75.3 Å². The van der Waals surface area contributed by atoms with Crippen LogP contribution in [0, 0.1) is 0 Å². The number of methoxy groups -OCH3 is 1. The molecule has 0 aromatic heterocycles. The molecule has 0 aliphatic heterocycles. The van der Waals surface area contributed by atoms with Crippen LogP contribution in [0.5, 0.6) is 5.75 Å². The monoisotopic (exact) mass is 188 g/mol. The Kier molecular flexibility index (Phi) is 3.19. The molecule has 1 aromatic rings. The van der Waals surface area contributed by atoms with Gasteiger partial charge in [0.1, 0.15) is 5.75 Å². The molecule has 4 heteroatoms. The Bertz CT molecular complexity index is 261. The van der Waals surface area contributed by atoms with Crippen molar-refractivity contribution in [3.63, 3.8) is 0 Å². The summed E-state index contributed by atoms with van der Waals surface area (Å²) < 4.78 is 29.3. The van der Waals surface area contributed by atoms with Crippen molar-refractivity contribution in [3.05, 3.63) is 29.8 Å². The molecular formula is C9H12F2NO+. The van der Waals surface area contributed by atoms with Gasteiger partial charge in [-0.1, -0.05) is 0 Å². The predicted molar refractivity (Wildman–Crippen MR) is 44.6 cm³/mol. The summed E-state index contributed by atoms with van der Waals surface area (Å²) in [7, 11) is 1.53. The lowest BCUT2D eigenvalue weighted by Gasteiger charge is -2.07. The second kappa shape index (κ2) is 4.18. The Morgan fingerprint density at radius 1 is 1.23 bits per heavy atom. The Hall–Kier alpha value is -1.16. The molecule has 0 unspecified atom stereocenters. The van der Waals surface area contributed by atoms with Gasteiger partial charge in [0.15, 0.2) is 6.04 Å². The number of benzene rings is 1. The van der Waals surface area contributed by atoms with E-state index in [1.165, 1.54) is 7.11 Å². The van der Waals surface area contributed by atoms with Crippen molar-refractivity contribution in [1.29, 1.82) is 0 Å². The first-order chi connectivity index (χ1) is 6.15. The lowest BCUT2D eigenvalue weighted by atomic mass is 10.1. The van der Waals surface area contributed by atoms with Crippen molar-refractivity contribution in [2.75, 3.05) is 7.11 Å². The van der Waals surface area contributed by atoms with Crippen molar-refractivity contribution in [1.82, 2.24) is 0 Å². The van der Waals surface area contributed by atoms with Gasteiger partial charge in [-0.05, 0) is 24.3 Å². The highest BCUT2D eigenvalue weighted by Crippen LogP contribution is 2.19. The molecule has 1 rings (SSSR count). The number of rotatable bonds is 3. The van der Waals surface area contributed by atoms with Crippen LogP contribution in [0.1, 0.15) is 11.6 Å².